The van der Waals surface area contributed by atoms with Gasteiger partial charge in [-0.15, -0.1) is 0 Å². The van der Waals surface area contributed by atoms with Crippen molar-refractivity contribution in [1.29, 1.82) is 0 Å². The van der Waals surface area contributed by atoms with Crippen molar-refractivity contribution in [2.24, 2.45) is 0 Å². The monoisotopic (exact) mass is 185 g/mol. The summed E-state index contributed by atoms with van der Waals surface area (Å²) < 4.78 is 2.00. The normalized spacial score (nSPS) is 10.1. The van der Waals surface area contributed by atoms with Gasteiger partial charge in [0.15, 0.2) is 0 Å². The maximum absolute atomic E-state index is 5.56. The molecule has 0 unspecified atom stereocenters. The molecule has 0 saturated carbocycles. The highest BCUT2D eigenvalue weighted by Gasteiger charge is 1.90. The molecule has 0 spiro atoms. The Balaban J connectivity index is 2.07. The van der Waals surface area contributed by atoms with E-state index in [-0.39, 0.29) is 0 Å². The Hall–Kier alpha value is -0.800. The van der Waals surface area contributed by atoms with Gasteiger partial charge in [-0.2, -0.15) is 0 Å². The molecule has 66 valence electrons. The van der Waals surface area contributed by atoms with Crippen LogP contribution < -0.4 is 5.32 Å². The fourth-order valence-corrected chi connectivity index (χ4v) is 0.946. The molecule has 0 fully saturated rings. The zero-order chi connectivity index (χ0) is 8.81. The third kappa shape index (κ3) is 3.55. The van der Waals surface area contributed by atoms with E-state index in [4.69, 9.17) is 11.6 Å². The summed E-state index contributed by atoms with van der Waals surface area (Å²) in [4.78, 5) is 3.93. The standard InChI is InChI=1S/C8H12ClN3/c1-8(9)6-10-2-4-12-5-3-11-7-12/h3,5,7,10H,1-2,4,6H2. The molecule has 0 atom stereocenters. The maximum Gasteiger partial charge on any atom is 0.0946 e. The number of imidazole rings is 1. The molecule has 1 rings (SSSR count). The first-order chi connectivity index (χ1) is 5.79. The molecule has 4 heteroatoms. The summed E-state index contributed by atoms with van der Waals surface area (Å²) in [6, 6.07) is 0. The first-order valence-electron chi connectivity index (χ1n) is 3.79. The smallest absolute Gasteiger partial charge is 0.0946 e. The number of hydrogen-bond donors (Lipinski definition) is 1. The number of halogens is 1. The van der Waals surface area contributed by atoms with Crippen molar-refractivity contribution in [2.45, 2.75) is 6.54 Å². The lowest BCUT2D eigenvalue weighted by Gasteiger charge is -2.03. The highest BCUT2D eigenvalue weighted by Crippen LogP contribution is 1.91. The van der Waals surface area contributed by atoms with Crippen LogP contribution in [0.3, 0.4) is 0 Å². The summed E-state index contributed by atoms with van der Waals surface area (Å²) in [5.74, 6) is 0. The van der Waals surface area contributed by atoms with Crippen LogP contribution in [0.5, 0.6) is 0 Å². The number of nitrogens with zero attached hydrogens (tertiary/aromatic N) is 2. The topological polar surface area (TPSA) is 29.9 Å². The Bertz CT molecular complexity index is 230. The molecule has 1 aromatic rings. The average molecular weight is 186 g/mol. The van der Waals surface area contributed by atoms with E-state index in [9.17, 15) is 0 Å². The Morgan fingerprint density at radius 1 is 1.67 bits per heavy atom. The predicted octanol–water partition coefficient (Wildman–Crippen LogP) is 1.23. The van der Waals surface area contributed by atoms with E-state index in [1.807, 2.05) is 10.8 Å². The van der Waals surface area contributed by atoms with E-state index < -0.39 is 0 Å². The van der Waals surface area contributed by atoms with Gasteiger partial charge in [-0.25, -0.2) is 4.98 Å². The summed E-state index contributed by atoms with van der Waals surface area (Å²) in [5.41, 5.74) is 0. The van der Waals surface area contributed by atoms with Gasteiger partial charge in [-0.3, -0.25) is 0 Å². The van der Waals surface area contributed by atoms with Gasteiger partial charge in [0, 0.05) is 37.1 Å². The zero-order valence-corrected chi connectivity index (χ0v) is 7.59. The largest absolute Gasteiger partial charge is 0.336 e. The molecule has 0 aliphatic heterocycles. The number of hydrogen-bond acceptors (Lipinski definition) is 2. The molecule has 0 bridgehead atoms. The van der Waals surface area contributed by atoms with Gasteiger partial charge in [0.1, 0.15) is 0 Å². The lowest BCUT2D eigenvalue weighted by Crippen LogP contribution is -2.20. The van der Waals surface area contributed by atoms with Gasteiger partial charge in [0.25, 0.3) is 0 Å². The molecule has 0 amide bonds. The van der Waals surface area contributed by atoms with Crippen LogP contribution in [0.1, 0.15) is 0 Å². The Morgan fingerprint density at radius 3 is 3.08 bits per heavy atom. The minimum atomic E-state index is 0.639. The number of rotatable bonds is 5. The summed E-state index contributed by atoms with van der Waals surface area (Å²) in [6.07, 6.45) is 5.48. The fourth-order valence-electron chi connectivity index (χ4n) is 0.851. The molecule has 0 aliphatic carbocycles. The van der Waals surface area contributed by atoms with E-state index in [0.717, 1.165) is 13.1 Å². The molecular weight excluding hydrogens is 174 g/mol. The Kier molecular flexibility index (Phi) is 3.84. The lowest BCUT2D eigenvalue weighted by molar-refractivity contribution is 0.623. The maximum atomic E-state index is 5.56. The minimum absolute atomic E-state index is 0.639. The summed E-state index contributed by atoms with van der Waals surface area (Å²) >= 11 is 5.56. The van der Waals surface area contributed by atoms with Gasteiger partial charge < -0.3 is 9.88 Å². The van der Waals surface area contributed by atoms with Crippen molar-refractivity contribution >= 4 is 11.6 Å². The molecule has 1 aromatic heterocycles. The van der Waals surface area contributed by atoms with Crippen molar-refractivity contribution < 1.29 is 0 Å². The Morgan fingerprint density at radius 2 is 2.50 bits per heavy atom. The first kappa shape index (κ1) is 9.29. The summed E-state index contributed by atoms with van der Waals surface area (Å²) in [7, 11) is 0. The molecule has 1 heterocycles. The summed E-state index contributed by atoms with van der Waals surface area (Å²) in [5, 5.41) is 3.78. The molecular formula is C8H12ClN3. The first-order valence-corrected chi connectivity index (χ1v) is 4.16. The van der Waals surface area contributed by atoms with Crippen molar-refractivity contribution in [3.63, 3.8) is 0 Å². The van der Waals surface area contributed by atoms with E-state index in [0.29, 0.717) is 11.6 Å². The van der Waals surface area contributed by atoms with Crippen molar-refractivity contribution in [3.8, 4) is 0 Å². The number of aromatic nitrogens is 2. The van der Waals surface area contributed by atoms with Crippen molar-refractivity contribution in [1.82, 2.24) is 14.9 Å². The van der Waals surface area contributed by atoms with Gasteiger partial charge in [-0.05, 0) is 0 Å². The molecule has 3 nitrogen and oxygen atoms in total. The van der Waals surface area contributed by atoms with E-state index >= 15 is 0 Å². The molecule has 12 heavy (non-hydrogen) atoms. The van der Waals surface area contributed by atoms with Gasteiger partial charge >= 0.3 is 0 Å². The molecule has 0 aliphatic rings. The van der Waals surface area contributed by atoms with Gasteiger partial charge in [0.2, 0.25) is 0 Å². The Labute approximate surface area is 77.1 Å². The minimum Gasteiger partial charge on any atom is -0.336 e. The van der Waals surface area contributed by atoms with E-state index in [1.54, 1.807) is 12.5 Å². The number of nitrogens with one attached hydrogen (secondary N) is 1. The average Bonchev–Trinajstić information content (AvgIpc) is 2.49. The third-order valence-electron chi connectivity index (χ3n) is 1.42. The SMILES string of the molecule is C=C(Cl)CNCCn1ccnc1. The van der Waals surface area contributed by atoms with Crippen LogP contribution in [-0.2, 0) is 6.54 Å². The highest BCUT2D eigenvalue weighted by atomic mass is 35.5. The van der Waals surface area contributed by atoms with Crippen LogP contribution in [0.15, 0.2) is 30.3 Å². The van der Waals surface area contributed by atoms with Crippen LogP contribution in [0.4, 0.5) is 0 Å². The molecule has 0 radical (unpaired) electrons. The zero-order valence-electron chi connectivity index (χ0n) is 6.83. The third-order valence-corrected chi connectivity index (χ3v) is 1.56. The van der Waals surface area contributed by atoms with Crippen LogP contribution >= 0.6 is 11.6 Å². The quantitative estimate of drug-likeness (QED) is 0.700. The predicted molar refractivity (Wildman–Crippen MR) is 50.1 cm³/mol. The molecule has 0 aromatic carbocycles. The second-order valence-corrected chi connectivity index (χ2v) is 3.03. The van der Waals surface area contributed by atoms with Gasteiger partial charge in [0.05, 0.1) is 6.33 Å². The second-order valence-electron chi connectivity index (χ2n) is 2.49. The molecule has 0 saturated heterocycles. The second kappa shape index (κ2) is 4.95. The highest BCUT2D eigenvalue weighted by molar-refractivity contribution is 6.29. The van der Waals surface area contributed by atoms with Crippen molar-refractivity contribution in [3.05, 3.63) is 30.3 Å². The van der Waals surface area contributed by atoms with Crippen LogP contribution in [-0.4, -0.2) is 22.6 Å². The van der Waals surface area contributed by atoms with Crippen LogP contribution in [0, 0.1) is 0 Å². The van der Waals surface area contributed by atoms with Crippen LogP contribution in [0.25, 0.3) is 0 Å². The van der Waals surface area contributed by atoms with Gasteiger partial charge in [-0.1, -0.05) is 18.2 Å². The summed E-state index contributed by atoms with van der Waals surface area (Å²) in [6.45, 7) is 6.02. The fraction of sp³-hybridized carbons (Fsp3) is 0.375. The van der Waals surface area contributed by atoms with E-state index in [1.165, 1.54) is 0 Å². The van der Waals surface area contributed by atoms with Crippen LogP contribution in [0.2, 0.25) is 0 Å². The molecule has 1 N–H and O–H groups in total. The lowest BCUT2D eigenvalue weighted by atomic mass is 10.5. The van der Waals surface area contributed by atoms with E-state index in [2.05, 4.69) is 16.9 Å². The van der Waals surface area contributed by atoms with Crippen molar-refractivity contribution in [2.75, 3.05) is 13.1 Å².